The molecule has 32 heavy (non-hydrogen) atoms. The van der Waals surface area contributed by atoms with Crippen molar-refractivity contribution in [3.05, 3.63) is 73.6 Å². The highest BCUT2D eigenvalue weighted by Gasteiger charge is 2.12. The molecular weight excluding hydrogens is 408 g/mol. The molecule has 0 saturated carbocycles. The number of benzene rings is 2. The second-order valence-electron chi connectivity index (χ2n) is 7.69. The second-order valence-corrected chi connectivity index (χ2v) is 7.69. The Morgan fingerprint density at radius 1 is 0.500 bits per heavy atom. The lowest BCUT2D eigenvalue weighted by atomic mass is 10.1. The molecule has 2 aliphatic rings. The van der Waals surface area contributed by atoms with E-state index in [-0.39, 0.29) is 12.6 Å². The van der Waals surface area contributed by atoms with Crippen LogP contribution < -0.4 is 9.47 Å². The van der Waals surface area contributed by atoms with E-state index in [4.69, 9.17) is 28.4 Å². The van der Waals surface area contributed by atoms with Crippen LogP contribution in [0, 0.1) is 0 Å². The Labute approximate surface area is 189 Å². The number of rotatable bonds is 13. The van der Waals surface area contributed by atoms with E-state index in [1.54, 1.807) is 25.0 Å². The van der Waals surface area contributed by atoms with E-state index in [0.29, 0.717) is 13.2 Å². The highest BCUT2D eigenvalue weighted by molar-refractivity contribution is 5.64. The Balaban J connectivity index is 1.12. The van der Waals surface area contributed by atoms with Gasteiger partial charge in [-0.2, -0.15) is 0 Å². The maximum atomic E-state index is 5.84. The van der Waals surface area contributed by atoms with Gasteiger partial charge in [-0.1, -0.05) is 24.3 Å². The van der Waals surface area contributed by atoms with Crippen LogP contribution in [0.3, 0.4) is 0 Å². The van der Waals surface area contributed by atoms with Crippen LogP contribution in [0.5, 0.6) is 11.5 Å². The fourth-order valence-corrected chi connectivity index (χ4v) is 3.51. The van der Waals surface area contributed by atoms with Crippen LogP contribution in [-0.2, 0) is 18.9 Å². The maximum Gasteiger partial charge on any atom is 0.239 e. The zero-order valence-corrected chi connectivity index (χ0v) is 18.2. The molecule has 0 radical (unpaired) electrons. The SMILES string of the molecule is C1=COC(CCCCOc2ccc(-c3ccc(OCCCCC4OC=CO4)cc3)cc2)O1. The summed E-state index contributed by atoms with van der Waals surface area (Å²) in [5, 5.41) is 0. The topological polar surface area (TPSA) is 55.4 Å². The molecule has 0 bridgehead atoms. The molecule has 0 aromatic heterocycles. The van der Waals surface area contributed by atoms with Crippen molar-refractivity contribution in [2.24, 2.45) is 0 Å². The molecule has 2 heterocycles. The quantitative estimate of drug-likeness (QED) is 0.350. The third kappa shape index (κ3) is 6.87. The van der Waals surface area contributed by atoms with Crippen molar-refractivity contribution in [2.45, 2.75) is 51.1 Å². The first kappa shape index (κ1) is 21.9. The van der Waals surface area contributed by atoms with Crippen molar-refractivity contribution < 1.29 is 28.4 Å². The molecule has 0 saturated heterocycles. The highest BCUT2D eigenvalue weighted by atomic mass is 16.7. The van der Waals surface area contributed by atoms with Gasteiger partial charge in [0.15, 0.2) is 0 Å². The molecule has 6 nitrogen and oxygen atoms in total. The summed E-state index contributed by atoms with van der Waals surface area (Å²) >= 11 is 0. The minimum atomic E-state index is -0.129. The molecule has 0 N–H and O–H groups in total. The Bertz CT molecular complexity index is 769. The molecule has 0 amide bonds. The third-order valence-electron chi connectivity index (χ3n) is 5.28. The van der Waals surface area contributed by atoms with Gasteiger partial charge in [0.25, 0.3) is 0 Å². The van der Waals surface area contributed by atoms with Crippen molar-refractivity contribution in [2.75, 3.05) is 13.2 Å². The summed E-state index contributed by atoms with van der Waals surface area (Å²) in [5.74, 6) is 1.76. The second kappa shape index (κ2) is 11.9. The van der Waals surface area contributed by atoms with Gasteiger partial charge in [-0.15, -0.1) is 0 Å². The van der Waals surface area contributed by atoms with Crippen LogP contribution in [0.4, 0.5) is 0 Å². The maximum absolute atomic E-state index is 5.84. The first-order valence-electron chi connectivity index (χ1n) is 11.2. The minimum Gasteiger partial charge on any atom is -0.494 e. The lowest BCUT2D eigenvalue weighted by Crippen LogP contribution is -2.07. The Kier molecular flexibility index (Phi) is 8.18. The van der Waals surface area contributed by atoms with E-state index in [0.717, 1.165) is 61.2 Å². The van der Waals surface area contributed by atoms with Crippen LogP contribution in [0.25, 0.3) is 11.1 Å². The summed E-state index contributed by atoms with van der Waals surface area (Å²) in [7, 11) is 0. The van der Waals surface area contributed by atoms with Gasteiger partial charge in [-0.25, -0.2) is 0 Å². The van der Waals surface area contributed by atoms with Gasteiger partial charge in [-0.3, -0.25) is 0 Å². The summed E-state index contributed by atoms with van der Waals surface area (Å²) in [4.78, 5) is 0. The van der Waals surface area contributed by atoms with Gasteiger partial charge >= 0.3 is 0 Å². The lowest BCUT2D eigenvalue weighted by Gasteiger charge is -2.11. The zero-order valence-electron chi connectivity index (χ0n) is 18.2. The number of hydrogen-bond donors (Lipinski definition) is 0. The summed E-state index contributed by atoms with van der Waals surface area (Å²) in [6.45, 7) is 1.37. The number of hydrogen-bond acceptors (Lipinski definition) is 6. The Morgan fingerprint density at radius 2 is 0.875 bits per heavy atom. The van der Waals surface area contributed by atoms with Crippen LogP contribution in [0.15, 0.2) is 73.6 Å². The highest BCUT2D eigenvalue weighted by Crippen LogP contribution is 2.25. The van der Waals surface area contributed by atoms with Gasteiger partial charge in [0.05, 0.1) is 13.2 Å². The average Bonchev–Trinajstić information content (AvgIpc) is 3.54. The normalized spacial score (nSPS) is 15.1. The molecule has 4 rings (SSSR count). The van der Waals surface area contributed by atoms with Gasteiger partial charge in [0, 0.05) is 12.8 Å². The summed E-state index contributed by atoms with van der Waals surface area (Å²) in [6.07, 6.45) is 11.8. The molecular formula is C26H30O6. The molecule has 6 heteroatoms. The molecule has 170 valence electrons. The molecule has 0 unspecified atom stereocenters. The zero-order chi connectivity index (χ0) is 21.8. The van der Waals surface area contributed by atoms with Crippen LogP contribution in [0.2, 0.25) is 0 Å². The van der Waals surface area contributed by atoms with E-state index in [1.165, 1.54) is 0 Å². The Hall–Kier alpha value is -3.28. The van der Waals surface area contributed by atoms with Crippen molar-refractivity contribution in [3.63, 3.8) is 0 Å². The lowest BCUT2D eigenvalue weighted by molar-refractivity contribution is -0.0301. The first-order valence-corrected chi connectivity index (χ1v) is 11.2. The third-order valence-corrected chi connectivity index (χ3v) is 5.28. The molecule has 2 aliphatic heterocycles. The predicted molar refractivity (Wildman–Crippen MR) is 121 cm³/mol. The molecule has 2 aromatic carbocycles. The standard InChI is InChI=1S/C26H30O6/c1(5-25-29-17-18-30-25)3-15-27-23-11-7-21(8-12-23)22-9-13-24(14-10-22)28-16-4-2-6-26-31-19-20-32-26/h7-14,17-20,25-26H,1-6,15-16H2. The fraction of sp³-hybridized carbons (Fsp3) is 0.385. The summed E-state index contributed by atoms with van der Waals surface area (Å²) < 4.78 is 32.7. The number of ether oxygens (including phenoxy) is 6. The molecule has 0 fully saturated rings. The molecule has 0 spiro atoms. The summed E-state index contributed by atoms with van der Waals surface area (Å²) in [6, 6.07) is 16.4. The monoisotopic (exact) mass is 438 g/mol. The van der Waals surface area contributed by atoms with Crippen LogP contribution in [0.1, 0.15) is 38.5 Å². The van der Waals surface area contributed by atoms with Crippen molar-refractivity contribution in [3.8, 4) is 22.6 Å². The molecule has 0 atom stereocenters. The average molecular weight is 439 g/mol. The molecule has 0 aliphatic carbocycles. The van der Waals surface area contributed by atoms with Gasteiger partial charge in [0.1, 0.15) is 36.5 Å². The minimum absolute atomic E-state index is 0.129. The van der Waals surface area contributed by atoms with Crippen LogP contribution >= 0.6 is 0 Å². The van der Waals surface area contributed by atoms with E-state index in [2.05, 4.69) is 24.3 Å². The van der Waals surface area contributed by atoms with Gasteiger partial charge < -0.3 is 28.4 Å². The predicted octanol–water partition coefficient (Wildman–Crippen LogP) is 6.14. The van der Waals surface area contributed by atoms with Gasteiger partial charge in [-0.05, 0) is 61.1 Å². The van der Waals surface area contributed by atoms with Crippen molar-refractivity contribution in [1.82, 2.24) is 0 Å². The fourth-order valence-electron chi connectivity index (χ4n) is 3.51. The smallest absolute Gasteiger partial charge is 0.239 e. The summed E-state index contributed by atoms with van der Waals surface area (Å²) in [5.41, 5.74) is 2.30. The van der Waals surface area contributed by atoms with Crippen LogP contribution in [-0.4, -0.2) is 25.8 Å². The van der Waals surface area contributed by atoms with E-state index in [1.807, 2.05) is 24.3 Å². The first-order chi connectivity index (χ1) is 15.9. The Morgan fingerprint density at radius 3 is 1.25 bits per heavy atom. The van der Waals surface area contributed by atoms with Crippen molar-refractivity contribution >= 4 is 0 Å². The van der Waals surface area contributed by atoms with E-state index < -0.39 is 0 Å². The largest absolute Gasteiger partial charge is 0.494 e. The van der Waals surface area contributed by atoms with Crippen molar-refractivity contribution in [1.29, 1.82) is 0 Å². The van der Waals surface area contributed by atoms with E-state index >= 15 is 0 Å². The van der Waals surface area contributed by atoms with Gasteiger partial charge in [0.2, 0.25) is 12.6 Å². The van der Waals surface area contributed by atoms with E-state index in [9.17, 15) is 0 Å². The number of unbranched alkanes of at least 4 members (excludes halogenated alkanes) is 2. The molecule has 2 aromatic rings.